The van der Waals surface area contributed by atoms with E-state index in [-0.39, 0.29) is 5.66 Å². The van der Waals surface area contributed by atoms with Crippen LogP contribution in [0.5, 0.6) is 0 Å². The molecule has 3 nitrogen and oxygen atoms in total. The normalized spacial score (nSPS) is 17.2. The Hall–Kier alpha value is 0.150. The van der Waals surface area contributed by atoms with Crippen LogP contribution in [0.2, 0.25) is 0 Å². The first-order valence-corrected chi connectivity index (χ1v) is 11.5. The Morgan fingerprint density at radius 1 is 0.913 bits per heavy atom. The highest BCUT2D eigenvalue weighted by atomic mass is 31.2. The van der Waals surface area contributed by atoms with Crippen LogP contribution in [0.4, 0.5) is 0 Å². The molecule has 0 aliphatic carbocycles. The van der Waals surface area contributed by atoms with Crippen LogP contribution in [0.15, 0.2) is 0 Å². The van der Waals surface area contributed by atoms with Crippen LogP contribution in [0.25, 0.3) is 0 Å². The van der Waals surface area contributed by atoms with E-state index in [4.69, 9.17) is 4.52 Å². The highest BCUT2D eigenvalue weighted by molar-refractivity contribution is 7.53. The molecule has 0 spiro atoms. The molecule has 3 atom stereocenters. The van der Waals surface area contributed by atoms with Crippen molar-refractivity contribution in [1.82, 2.24) is 0 Å². The largest absolute Gasteiger partial charge is 0.330 e. The van der Waals surface area contributed by atoms with Gasteiger partial charge in [-0.1, -0.05) is 79.6 Å². The summed E-state index contributed by atoms with van der Waals surface area (Å²) in [5, 5.41) is 0. The highest BCUT2D eigenvalue weighted by Gasteiger charge is 2.24. The summed E-state index contributed by atoms with van der Waals surface area (Å²) in [5.74, 6) is 1.57. The van der Waals surface area contributed by atoms with Gasteiger partial charge in [-0.3, -0.25) is 4.57 Å². The maximum atomic E-state index is 11.8. The summed E-state index contributed by atoms with van der Waals surface area (Å²) in [7, 11) is -3.39. The van der Waals surface area contributed by atoms with Gasteiger partial charge in [-0.05, 0) is 31.1 Å². The van der Waals surface area contributed by atoms with Gasteiger partial charge in [-0.25, -0.2) is 0 Å². The molecule has 3 unspecified atom stereocenters. The predicted molar refractivity (Wildman–Crippen MR) is 101 cm³/mol. The van der Waals surface area contributed by atoms with Crippen LogP contribution in [0.1, 0.15) is 98.8 Å². The highest BCUT2D eigenvalue weighted by Crippen LogP contribution is 2.47. The average molecular weight is 349 g/mol. The summed E-state index contributed by atoms with van der Waals surface area (Å²) in [6.45, 7) is 10.7. The van der Waals surface area contributed by atoms with Crippen molar-refractivity contribution in [2.45, 2.75) is 104 Å². The van der Waals surface area contributed by atoms with Crippen LogP contribution in [0.3, 0.4) is 0 Å². The third-order valence-corrected chi connectivity index (χ3v) is 6.83. The molecule has 0 radical (unpaired) electrons. The Labute approximate surface area is 145 Å². The molecule has 0 saturated heterocycles. The molecule has 0 aliphatic heterocycles. The summed E-state index contributed by atoms with van der Waals surface area (Å²) < 4.78 is 17.0. The fourth-order valence-corrected chi connectivity index (χ4v) is 3.71. The molecule has 4 heteroatoms. The maximum Gasteiger partial charge on any atom is 0.330 e. The summed E-state index contributed by atoms with van der Waals surface area (Å²) in [6.07, 6.45) is 12.6. The van der Waals surface area contributed by atoms with E-state index in [1.54, 1.807) is 13.8 Å². The Morgan fingerprint density at radius 2 is 1.48 bits per heavy atom. The third kappa shape index (κ3) is 11.3. The minimum atomic E-state index is -3.39. The van der Waals surface area contributed by atoms with Crippen molar-refractivity contribution in [3.8, 4) is 0 Å². The first-order valence-electron chi connectivity index (χ1n) is 9.84. The van der Waals surface area contributed by atoms with Crippen molar-refractivity contribution in [2.75, 3.05) is 6.61 Å². The van der Waals surface area contributed by atoms with Gasteiger partial charge in [-0.2, -0.15) is 0 Å². The Bertz CT molecular complexity index is 318. The van der Waals surface area contributed by atoms with Gasteiger partial charge in [0.15, 0.2) is 0 Å². The van der Waals surface area contributed by atoms with E-state index in [1.807, 2.05) is 0 Å². The van der Waals surface area contributed by atoms with Gasteiger partial charge in [0.25, 0.3) is 0 Å². The van der Waals surface area contributed by atoms with Crippen LogP contribution in [-0.4, -0.2) is 17.2 Å². The molecule has 0 fully saturated rings. The topological polar surface area (TPSA) is 46.5 Å². The lowest BCUT2D eigenvalue weighted by molar-refractivity contribution is 0.232. The lowest BCUT2D eigenvalue weighted by Crippen LogP contribution is -2.10. The van der Waals surface area contributed by atoms with Crippen LogP contribution >= 0.6 is 7.60 Å². The lowest BCUT2D eigenvalue weighted by Gasteiger charge is -2.22. The number of rotatable bonds is 15. The van der Waals surface area contributed by atoms with E-state index in [1.165, 1.54) is 51.4 Å². The first-order chi connectivity index (χ1) is 10.9. The molecule has 0 aromatic rings. The third-order valence-electron chi connectivity index (χ3n) is 4.97. The van der Waals surface area contributed by atoms with Crippen molar-refractivity contribution in [1.29, 1.82) is 0 Å². The number of hydrogen-bond donors (Lipinski definition) is 1. The molecule has 0 aromatic heterocycles. The minimum Gasteiger partial charge on any atom is -0.324 e. The second-order valence-electron chi connectivity index (χ2n) is 7.27. The molecule has 140 valence electrons. The second kappa shape index (κ2) is 13.4. The van der Waals surface area contributed by atoms with Gasteiger partial charge in [-0.15, -0.1) is 0 Å². The van der Waals surface area contributed by atoms with Crippen LogP contribution in [-0.2, 0) is 9.09 Å². The van der Waals surface area contributed by atoms with Gasteiger partial charge in [0.2, 0.25) is 0 Å². The number of hydrogen-bond acceptors (Lipinski definition) is 2. The van der Waals surface area contributed by atoms with E-state index in [0.29, 0.717) is 6.61 Å². The summed E-state index contributed by atoms with van der Waals surface area (Å²) in [6, 6.07) is 0. The summed E-state index contributed by atoms with van der Waals surface area (Å²) in [4.78, 5) is 9.67. The van der Waals surface area contributed by atoms with Crippen molar-refractivity contribution in [2.24, 2.45) is 11.8 Å². The molecule has 0 saturated carbocycles. The molecule has 0 aromatic carbocycles. The molecule has 0 heterocycles. The SMILES string of the molecule is CCCCCCC(CC)CC(CC)CCCOP(=O)(O)C(C)C. The van der Waals surface area contributed by atoms with E-state index < -0.39 is 7.60 Å². The lowest BCUT2D eigenvalue weighted by atomic mass is 9.85. The molecular weight excluding hydrogens is 307 g/mol. The van der Waals surface area contributed by atoms with Crippen molar-refractivity contribution in [3.63, 3.8) is 0 Å². The van der Waals surface area contributed by atoms with E-state index >= 15 is 0 Å². The Morgan fingerprint density at radius 3 is 1.96 bits per heavy atom. The molecular formula is C19H41O3P. The predicted octanol–water partition coefficient (Wildman–Crippen LogP) is 6.79. The van der Waals surface area contributed by atoms with E-state index in [2.05, 4.69) is 20.8 Å². The second-order valence-corrected chi connectivity index (χ2v) is 9.69. The van der Waals surface area contributed by atoms with Crippen LogP contribution in [0, 0.1) is 11.8 Å². The quantitative estimate of drug-likeness (QED) is 0.262. The fraction of sp³-hybridized carbons (Fsp3) is 1.00. The molecule has 0 amide bonds. The van der Waals surface area contributed by atoms with Gasteiger partial charge >= 0.3 is 7.60 Å². The Balaban J connectivity index is 4.01. The molecule has 0 bridgehead atoms. The first kappa shape index (κ1) is 23.1. The zero-order valence-corrected chi connectivity index (χ0v) is 17.1. The smallest absolute Gasteiger partial charge is 0.324 e. The molecule has 0 aliphatic rings. The van der Waals surface area contributed by atoms with E-state index in [9.17, 15) is 9.46 Å². The van der Waals surface area contributed by atoms with Gasteiger partial charge < -0.3 is 9.42 Å². The standard InChI is InChI=1S/C19H41O3P/c1-6-9-10-11-13-18(7-2)16-19(8-3)14-12-15-22-23(20,21)17(4)5/h17-19H,6-16H2,1-5H3,(H,20,21). The number of unbranched alkanes of at least 4 members (excludes halogenated alkanes) is 3. The van der Waals surface area contributed by atoms with Gasteiger partial charge in [0, 0.05) is 0 Å². The molecule has 1 N–H and O–H groups in total. The van der Waals surface area contributed by atoms with Crippen molar-refractivity contribution >= 4 is 7.60 Å². The zero-order valence-electron chi connectivity index (χ0n) is 16.2. The van der Waals surface area contributed by atoms with Gasteiger partial charge in [0.05, 0.1) is 12.3 Å². The van der Waals surface area contributed by atoms with E-state index in [0.717, 1.165) is 24.7 Å². The monoisotopic (exact) mass is 348 g/mol. The Kier molecular flexibility index (Phi) is 13.5. The van der Waals surface area contributed by atoms with Crippen molar-refractivity contribution in [3.05, 3.63) is 0 Å². The molecule has 23 heavy (non-hydrogen) atoms. The van der Waals surface area contributed by atoms with Crippen LogP contribution < -0.4 is 0 Å². The maximum absolute atomic E-state index is 11.8. The fourth-order valence-electron chi connectivity index (χ4n) is 3.02. The van der Waals surface area contributed by atoms with Crippen molar-refractivity contribution < 1.29 is 14.0 Å². The zero-order chi connectivity index (χ0) is 17.7. The van der Waals surface area contributed by atoms with Gasteiger partial charge in [0.1, 0.15) is 0 Å². The minimum absolute atomic E-state index is 0.308. The summed E-state index contributed by atoms with van der Waals surface area (Å²) in [5.41, 5.74) is -0.308. The molecule has 0 rings (SSSR count). The summed E-state index contributed by atoms with van der Waals surface area (Å²) >= 11 is 0. The average Bonchev–Trinajstić information content (AvgIpc) is 2.52.